The number of aromatic carboxylic acids is 1. The van der Waals surface area contributed by atoms with Gasteiger partial charge in [0, 0.05) is 19.7 Å². The number of carbonyl (C=O) groups is 1. The molecule has 17 heavy (non-hydrogen) atoms. The van der Waals surface area contributed by atoms with Crippen LogP contribution in [0.3, 0.4) is 0 Å². The molecule has 0 saturated carbocycles. The van der Waals surface area contributed by atoms with Crippen LogP contribution < -0.4 is 5.32 Å². The monoisotopic (exact) mass is 237 g/mol. The fourth-order valence-corrected chi connectivity index (χ4v) is 1.55. The van der Waals surface area contributed by atoms with E-state index in [4.69, 9.17) is 9.84 Å². The van der Waals surface area contributed by atoms with Crippen molar-refractivity contribution in [3.63, 3.8) is 0 Å². The number of ether oxygens (including phenoxy) is 1. The van der Waals surface area contributed by atoms with Crippen LogP contribution in [0.4, 0.5) is 0 Å². The van der Waals surface area contributed by atoms with E-state index in [1.54, 1.807) is 19.2 Å². The SMILES string of the molecule is CCC(COC)NCc1ccc(C(=O)O)cc1. The van der Waals surface area contributed by atoms with E-state index in [1.807, 2.05) is 12.1 Å². The van der Waals surface area contributed by atoms with Crippen LogP contribution in [-0.2, 0) is 11.3 Å². The Hall–Kier alpha value is -1.39. The highest BCUT2D eigenvalue weighted by molar-refractivity contribution is 5.87. The van der Waals surface area contributed by atoms with Crippen molar-refractivity contribution in [1.82, 2.24) is 5.32 Å². The van der Waals surface area contributed by atoms with E-state index in [0.29, 0.717) is 18.2 Å². The zero-order valence-electron chi connectivity index (χ0n) is 10.3. The van der Waals surface area contributed by atoms with Gasteiger partial charge in [-0.2, -0.15) is 0 Å². The molecule has 1 aromatic carbocycles. The molecule has 0 heterocycles. The summed E-state index contributed by atoms with van der Waals surface area (Å²) in [7, 11) is 1.69. The number of hydrogen-bond donors (Lipinski definition) is 2. The average molecular weight is 237 g/mol. The molecule has 2 N–H and O–H groups in total. The predicted octanol–water partition coefficient (Wildman–Crippen LogP) is 1.90. The van der Waals surface area contributed by atoms with E-state index >= 15 is 0 Å². The summed E-state index contributed by atoms with van der Waals surface area (Å²) in [5.41, 5.74) is 1.39. The Morgan fingerprint density at radius 2 is 2.06 bits per heavy atom. The van der Waals surface area contributed by atoms with Crippen LogP contribution >= 0.6 is 0 Å². The minimum Gasteiger partial charge on any atom is -0.478 e. The lowest BCUT2D eigenvalue weighted by molar-refractivity contribution is 0.0697. The van der Waals surface area contributed by atoms with E-state index in [-0.39, 0.29) is 0 Å². The summed E-state index contributed by atoms with van der Waals surface area (Å²) in [5.74, 6) is -0.893. The molecule has 0 radical (unpaired) electrons. The Morgan fingerprint density at radius 3 is 2.53 bits per heavy atom. The lowest BCUT2D eigenvalue weighted by atomic mass is 10.1. The highest BCUT2D eigenvalue weighted by Gasteiger charge is 2.05. The van der Waals surface area contributed by atoms with E-state index < -0.39 is 5.97 Å². The maximum atomic E-state index is 10.7. The molecule has 0 aliphatic carbocycles. The number of methoxy groups -OCH3 is 1. The number of hydrogen-bond acceptors (Lipinski definition) is 3. The lowest BCUT2D eigenvalue weighted by Crippen LogP contribution is -2.31. The Bertz CT molecular complexity index is 348. The zero-order valence-corrected chi connectivity index (χ0v) is 10.3. The molecule has 1 unspecified atom stereocenters. The van der Waals surface area contributed by atoms with Crippen molar-refractivity contribution in [3.8, 4) is 0 Å². The molecular formula is C13H19NO3. The van der Waals surface area contributed by atoms with Crippen molar-refractivity contribution in [1.29, 1.82) is 0 Å². The van der Waals surface area contributed by atoms with Crippen molar-refractivity contribution in [2.75, 3.05) is 13.7 Å². The van der Waals surface area contributed by atoms with E-state index in [1.165, 1.54) is 0 Å². The summed E-state index contributed by atoms with van der Waals surface area (Å²) in [6.45, 7) is 3.51. The summed E-state index contributed by atoms with van der Waals surface area (Å²) in [5, 5.41) is 12.1. The molecule has 4 heteroatoms. The maximum absolute atomic E-state index is 10.7. The Morgan fingerprint density at radius 1 is 1.41 bits per heavy atom. The number of carboxylic acid groups (broad SMARTS) is 1. The highest BCUT2D eigenvalue weighted by Crippen LogP contribution is 2.05. The van der Waals surface area contributed by atoms with Crippen LogP contribution in [0, 0.1) is 0 Å². The second-order valence-corrected chi connectivity index (χ2v) is 3.94. The molecule has 0 aromatic heterocycles. The van der Waals surface area contributed by atoms with Gasteiger partial charge in [0.25, 0.3) is 0 Å². The van der Waals surface area contributed by atoms with Crippen LogP contribution in [0.5, 0.6) is 0 Å². The van der Waals surface area contributed by atoms with Gasteiger partial charge in [0.05, 0.1) is 12.2 Å². The van der Waals surface area contributed by atoms with Crippen LogP contribution in [0.2, 0.25) is 0 Å². The molecule has 0 saturated heterocycles. The summed E-state index contributed by atoms with van der Waals surface area (Å²) in [4.78, 5) is 10.7. The van der Waals surface area contributed by atoms with Crippen LogP contribution in [-0.4, -0.2) is 30.8 Å². The fourth-order valence-electron chi connectivity index (χ4n) is 1.55. The predicted molar refractivity (Wildman–Crippen MR) is 66.2 cm³/mol. The molecule has 0 bridgehead atoms. The van der Waals surface area contributed by atoms with Crippen molar-refractivity contribution >= 4 is 5.97 Å². The second-order valence-electron chi connectivity index (χ2n) is 3.94. The first-order valence-corrected chi connectivity index (χ1v) is 5.72. The maximum Gasteiger partial charge on any atom is 0.335 e. The fraction of sp³-hybridized carbons (Fsp3) is 0.462. The first-order valence-electron chi connectivity index (χ1n) is 5.72. The van der Waals surface area contributed by atoms with E-state index in [2.05, 4.69) is 12.2 Å². The average Bonchev–Trinajstić information content (AvgIpc) is 2.35. The largest absolute Gasteiger partial charge is 0.478 e. The van der Waals surface area contributed by atoms with Gasteiger partial charge in [-0.05, 0) is 24.1 Å². The summed E-state index contributed by atoms with van der Waals surface area (Å²) in [6, 6.07) is 7.23. The standard InChI is InChI=1S/C13H19NO3/c1-3-12(9-17-2)14-8-10-4-6-11(7-5-10)13(15)16/h4-7,12,14H,3,8-9H2,1-2H3,(H,15,16). The van der Waals surface area contributed by atoms with Gasteiger partial charge in [0.2, 0.25) is 0 Å². The molecule has 0 aliphatic rings. The smallest absolute Gasteiger partial charge is 0.335 e. The van der Waals surface area contributed by atoms with Gasteiger partial charge in [-0.1, -0.05) is 19.1 Å². The van der Waals surface area contributed by atoms with Crippen molar-refractivity contribution < 1.29 is 14.6 Å². The third-order valence-corrected chi connectivity index (χ3v) is 2.66. The summed E-state index contributed by atoms with van der Waals surface area (Å²) >= 11 is 0. The third-order valence-electron chi connectivity index (χ3n) is 2.66. The number of benzene rings is 1. The Kier molecular flexibility index (Phi) is 5.66. The Balaban J connectivity index is 2.48. The molecule has 4 nitrogen and oxygen atoms in total. The quantitative estimate of drug-likeness (QED) is 0.760. The van der Waals surface area contributed by atoms with E-state index in [0.717, 1.165) is 18.5 Å². The first kappa shape index (κ1) is 13.7. The third kappa shape index (κ3) is 4.54. The Labute approximate surface area is 102 Å². The molecule has 0 amide bonds. The number of nitrogens with one attached hydrogen (secondary N) is 1. The summed E-state index contributed by atoms with van der Waals surface area (Å²) < 4.78 is 5.09. The number of rotatable bonds is 7. The highest BCUT2D eigenvalue weighted by atomic mass is 16.5. The second kappa shape index (κ2) is 7.04. The van der Waals surface area contributed by atoms with Crippen molar-refractivity contribution in [3.05, 3.63) is 35.4 Å². The van der Waals surface area contributed by atoms with Gasteiger partial charge in [-0.25, -0.2) is 4.79 Å². The molecule has 1 atom stereocenters. The van der Waals surface area contributed by atoms with Crippen LogP contribution in [0.25, 0.3) is 0 Å². The molecule has 0 fully saturated rings. The van der Waals surface area contributed by atoms with Crippen LogP contribution in [0.15, 0.2) is 24.3 Å². The summed E-state index contributed by atoms with van der Waals surface area (Å²) in [6.07, 6.45) is 1.00. The van der Waals surface area contributed by atoms with Gasteiger partial charge in [0.15, 0.2) is 0 Å². The molecule has 0 aliphatic heterocycles. The molecule has 1 aromatic rings. The first-order chi connectivity index (χ1) is 8.17. The molecule has 94 valence electrons. The minimum atomic E-state index is -0.893. The van der Waals surface area contributed by atoms with Gasteiger partial charge in [0.1, 0.15) is 0 Å². The lowest BCUT2D eigenvalue weighted by Gasteiger charge is -2.15. The van der Waals surface area contributed by atoms with E-state index in [9.17, 15) is 4.79 Å². The van der Waals surface area contributed by atoms with Crippen LogP contribution in [0.1, 0.15) is 29.3 Å². The minimum absolute atomic E-state index is 0.317. The van der Waals surface area contributed by atoms with Gasteiger partial charge < -0.3 is 15.2 Å². The topological polar surface area (TPSA) is 58.6 Å². The number of carboxylic acids is 1. The molecular weight excluding hydrogens is 218 g/mol. The normalized spacial score (nSPS) is 12.4. The van der Waals surface area contributed by atoms with Crippen molar-refractivity contribution in [2.45, 2.75) is 25.9 Å². The molecule has 0 spiro atoms. The van der Waals surface area contributed by atoms with Crippen molar-refractivity contribution in [2.24, 2.45) is 0 Å². The molecule has 1 rings (SSSR count). The van der Waals surface area contributed by atoms with Gasteiger partial charge in [-0.3, -0.25) is 0 Å². The zero-order chi connectivity index (χ0) is 12.7. The van der Waals surface area contributed by atoms with Gasteiger partial charge in [-0.15, -0.1) is 0 Å². The van der Waals surface area contributed by atoms with Gasteiger partial charge >= 0.3 is 5.97 Å².